The summed E-state index contributed by atoms with van der Waals surface area (Å²) < 4.78 is 5.60. The molecule has 1 aliphatic heterocycles. The first kappa shape index (κ1) is 23.3. The van der Waals surface area contributed by atoms with Crippen LogP contribution in [0.2, 0.25) is 0 Å². The van der Waals surface area contributed by atoms with E-state index in [4.69, 9.17) is 4.74 Å². The van der Waals surface area contributed by atoms with Crippen LogP contribution in [0.15, 0.2) is 71.9 Å². The molecule has 0 atom stereocenters. The standard InChI is InChI=1S/C26H30N4O2S/c1-21-5-4-6-23(28-21)12-15-29-16-18-30(19-17-29)26(31)32-24-10-8-22(9-11-24)13-20-33-25-7-2-3-14-27-25/h2-11,14H,12-13,15-20H2,1H3. The normalized spacial score (nSPS) is 14.3. The highest BCUT2D eigenvalue weighted by molar-refractivity contribution is 7.99. The van der Waals surface area contributed by atoms with E-state index in [0.29, 0.717) is 18.8 Å². The van der Waals surface area contributed by atoms with Gasteiger partial charge in [0.15, 0.2) is 0 Å². The molecule has 1 amide bonds. The van der Waals surface area contributed by atoms with E-state index in [1.54, 1.807) is 16.7 Å². The van der Waals surface area contributed by atoms with Gasteiger partial charge in [-0.15, -0.1) is 11.8 Å². The number of pyridine rings is 2. The molecule has 1 saturated heterocycles. The van der Waals surface area contributed by atoms with E-state index in [-0.39, 0.29) is 6.09 Å². The number of thioether (sulfide) groups is 1. The van der Waals surface area contributed by atoms with E-state index >= 15 is 0 Å². The fraction of sp³-hybridized carbons (Fsp3) is 0.346. The van der Waals surface area contributed by atoms with Crippen molar-refractivity contribution in [3.63, 3.8) is 0 Å². The van der Waals surface area contributed by atoms with Gasteiger partial charge >= 0.3 is 6.09 Å². The highest BCUT2D eigenvalue weighted by Gasteiger charge is 2.22. The van der Waals surface area contributed by atoms with Gasteiger partial charge in [0, 0.05) is 62.5 Å². The van der Waals surface area contributed by atoms with Crippen molar-refractivity contribution in [2.24, 2.45) is 0 Å². The van der Waals surface area contributed by atoms with Crippen LogP contribution < -0.4 is 4.74 Å². The quantitative estimate of drug-likeness (QED) is 0.460. The third-order valence-electron chi connectivity index (χ3n) is 5.67. The maximum absolute atomic E-state index is 12.6. The Bertz CT molecular complexity index is 1020. The largest absolute Gasteiger partial charge is 0.415 e. The lowest BCUT2D eigenvalue weighted by molar-refractivity contribution is 0.111. The van der Waals surface area contributed by atoms with Gasteiger partial charge < -0.3 is 9.64 Å². The molecular formula is C26H30N4O2S. The van der Waals surface area contributed by atoms with Crippen LogP contribution in [-0.4, -0.2) is 64.3 Å². The summed E-state index contributed by atoms with van der Waals surface area (Å²) in [6.07, 6.45) is 3.41. The molecule has 33 heavy (non-hydrogen) atoms. The zero-order chi connectivity index (χ0) is 22.9. The lowest BCUT2D eigenvalue weighted by atomic mass is 10.2. The summed E-state index contributed by atoms with van der Waals surface area (Å²) in [5.41, 5.74) is 3.39. The molecular weight excluding hydrogens is 432 g/mol. The molecule has 0 radical (unpaired) electrons. The van der Waals surface area contributed by atoms with Gasteiger partial charge in [-0.3, -0.25) is 9.88 Å². The number of amides is 1. The number of nitrogens with zero attached hydrogens (tertiary/aromatic N) is 4. The van der Waals surface area contributed by atoms with Crippen LogP contribution in [0.3, 0.4) is 0 Å². The van der Waals surface area contributed by atoms with Crippen LogP contribution in [0.4, 0.5) is 4.79 Å². The Kier molecular flexibility index (Phi) is 8.33. The summed E-state index contributed by atoms with van der Waals surface area (Å²) in [7, 11) is 0. The molecule has 0 N–H and O–H groups in total. The first-order valence-corrected chi connectivity index (χ1v) is 12.4. The van der Waals surface area contributed by atoms with Gasteiger partial charge in [0.25, 0.3) is 0 Å². The van der Waals surface area contributed by atoms with Crippen molar-refractivity contribution in [2.75, 3.05) is 38.5 Å². The number of piperazine rings is 1. The van der Waals surface area contributed by atoms with Gasteiger partial charge in [0.2, 0.25) is 0 Å². The van der Waals surface area contributed by atoms with Crippen molar-refractivity contribution in [1.29, 1.82) is 0 Å². The molecule has 0 unspecified atom stereocenters. The Morgan fingerprint density at radius 3 is 2.52 bits per heavy atom. The molecule has 1 aliphatic rings. The number of carbonyl (C=O) groups excluding carboxylic acids is 1. The third kappa shape index (κ3) is 7.30. The Balaban J connectivity index is 1.16. The molecule has 3 aromatic rings. The van der Waals surface area contributed by atoms with E-state index in [1.807, 2.05) is 61.7 Å². The highest BCUT2D eigenvalue weighted by atomic mass is 32.2. The molecule has 172 valence electrons. The lowest BCUT2D eigenvalue weighted by Gasteiger charge is -2.33. The Labute approximate surface area is 200 Å². The van der Waals surface area contributed by atoms with Crippen molar-refractivity contribution < 1.29 is 9.53 Å². The number of benzene rings is 1. The van der Waals surface area contributed by atoms with Gasteiger partial charge in [-0.05, 0) is 55.3 Å². The Morgan fingerprint density at radius 2 is 1.79 bits per heavy atom. The lowest BCUT2D eigenvalue weighted by Crippen LogP contribution is -2.49. The number of rotatable bonds is 8. The smallest absolute Gasteiger partial charge is 0.410 e. The summed E-state index contributed by atoms with van der Waals surface area (Å²) in [6.45, 7) is 6.05. The first-order chi connectivity index (χ1) is 16.2. The van der Waals surface area contributed by atoms with Crippen molar-refractivity contribution in [1.82, 2.24) is 19.8 Å². The van der Waals surface area contributed by atoms with E-state index in [2.05, 4.69) is 27.0 Å². The van der Waals surface area contributed by atoms with E-state index in [9.17, 15) is 4.79 Å². The van der Waals surface area contributed by atoms with Gasteiger partial charge in [0.05, 0.1) is 5.03 Å². The number of ether oxygens (including phenoxy) is 1. The van der Waals surface area contributed by atoms with Crippen molar-refractivity contribution in [3.8, 4) is 5.75 Å². The average Bonchev–Trinajstić information content (AvgIpc) is 2.85. The van der Waals surface area contributed by atoms with Crippen molar-refractivity contribution >= 4 is 17.9 Å². The number of hydrogen-bond acceptors (Lipinski definition) is 6. The van der Waals surface area contributed by atoms with Gasteiger partial charge in [-0.1, -0.05) is 24.3 Å². The summed E-state index contributed by atoms with van der Waals surface area (Å²) >= 11 is 1.74. The molecule has 6 nitrogen and oxygen atoms in total. The Hall–Kier alpha value is -2.90. The van der Waals surface area contributed by atoms with Gasteiger partial charge in [0.1, 0.15) is 5.75 Å². The zero-order valence-corrected chi connectivity index (χ0v) is 19.8. The van der Waals surface area contributed by atoms with E-state index < -0.39 is 0 Å². The fourth-order valence-electron chi connectivity index (χ4n) is 3.76. The summed E-state index contributed by atoms with van der Waals surface area (Å²) in [5, 5.41) is 1.04. The van der Waals surface area contributed by atoms with E-state index in [1.165, 1.54) is 5.56 Å². The van der Waals surface area contributed by atoms with E-state index in [0.717, 1.165) is 54.6 Å². The maximum Gasteiger partial charge on any atom is 0.415 e. The minimum absolute atomic E-state index is 0.270. The number of aryl methyl sites for hydroxylation is 2. The molecule has 0 bridgehead atoms. The van der Waals surface area contributed by atoms with Crippen LogP contribution in [-0.2, 0) is 12.8 Å². The van der Waals surface area contributed by atoms with Crippen LogP contribution >= 0.6 is 11.8 Å². The number of aromatic nitrogens is 2. The van der Waals surface area contributed by atoms with Crippen LogP contribution in [0.1, 0.15) is 17.0 Å². The topological polar surface area (TPSA) is 58.6 Å². The third-order valence-corrected chi connectivity index (χ3v) is 6.61. The summed E-state index contributed by atoms with van der Waals surface area (Å²) in [6, 6.07) is 19.9. The SMILES string of the molecule is Cc1cccc(CCN2CCN(C(=O)Oc3ccc(CCSc4ccccn4)cc3)CC2)n1. The van der Waals surface area contributed by atoms with Crippen LogP contribution in [0, 0.1) is 6.92 Å². The molecule has 2 aromatic heterocycles. The Morgan fingerprint density at radius 1 is 0.970 bits per heavy atom. The molecule has 1 aromatic carbocycles. The molecule has 7 heteroatoms. The molecule has 4 rings (SSSR count). The second-order valence-corrected chi connectivity index (χ2v) is 9.24. The van der Waals surface area contributed by atoms with Crippen molar-refractivity contribution in [3.05, 3.63) is 83.8 Å². The maximum atomic E-state index is 12.6. The second-order valence-electron chi connectivity index (χ2n) is 8.13. The summed E-state index contributed by atoms with van der Waals surface area (Å²) in [5.74, 6) is 1.55. The molecule has 0 saturated carbocycles. The fourth-order valence-corrected chi connectivity index (χ4v) is 4.62. The predicted molar refractivity (Wildman–Crippen MR) is 132 cm³/mol. The second kappa shape index (κ2) is 11.8. The first-order valence-electron chi connectivity index (χ1n) is 11.4. The number of carbonyl (C=O) groups is 1. The molecule has 0 spiro atoms. The highest BCUT2D eigenvalue weighted by Crippen LogP contribution is 2.19. The molecule has 0 aliphatic carbocycles. The predicted octanol–water partition coefficient (Wildman–Crippen LogP) is 4.48. The molecule has 3 heterocycles. The minimum atomic E-state index is -0.270. The van der Waals surface area contributed by atoms with Gasteiger partial charge in [-0.2, -0.15) is 0 Å². The zero-order valence-electron chi connectivity index (χ0n) is 19.0. The summed E-state index contributed by atoms with van der Waals surface area (Å²) in [4.78, 5) is 25.6. The minimum Gasteiger partial charge on any atom is -0.410 e. The van der Waals surface area contributed by atoms with Gasteiger partial charge in [-0.25, -0.2) is 9.78 Å². The van der Waals surface area contributed by atoms with Crippen LogP contribution in [0.5, 0.6) is 5.75 Å². The van der Waals surface area contributed by atoms with Crippen LogP contribution in [0.25, 0.3) is 0 Å². The molecule has 1 fully saturated rings. The average molecular weight is 463 g/mol. The monoisotopic (exact) mass is 462 g/mol. The van der Waals surface area contributed by atoms with Crippen molar-refractivity contribution in [2.45, 2.75) is 24.8 Å². The number of hydrogen-bond donors (Lipinski definition) is 0.